The van der Waals surface area contributed by atoms with Crippen molar-refractivity contribution in [3.63, 3.8) is 0 Å². The number of para-hydroxylation sites is 1. The lowest BCUT2D eigenvalue weighted by molar-refractivity contribution is -0.115. The van der Waals surface area contributed by atoms with Crippen LogP contribution in [0.1, 0.15) is 5.56 Å². The van der Waals surface area contributed by atoms with Gasteiger partial charge in [0.2, 0.25) is 0 Å². The van der Waals surface area contributed by atoms with Crippen LogP contribution >= 0.6 is 39.9 Å². The number of rotatable bonds is 3. The van der Waals surface area contributed by atoms with E-state index in [1.165, 1.54) is 11.8 Å². The predicted octanol–water partition coefficient (Wildman–Crippen LogP) is 4.73. The van der Waals surface area contributed by atoms with E-state index in [9.17, 15) is 4.79 Å². The summed E-state index contributed by atoms with van der Waals surface area (Å²) in [5.41, 5.74) is 0.806. The van der Waals surface area contributed by atoms with E-state index >= 15 is 0 Å². The molecule has 3 nitrogen and oxygen atoms in total. The molecule has 0 spiro atoms. The Balaban J connectivity index is 1.96. The number of amides is 1. The zero-order chi connectivity index (χ0) is 15.5. The highest BCUT2D eigenvalue weighted by molar-refractivity contribution is 9.10. The molecule has 0 saturated carbocycles. The monoisotopic (exact) mass is 391 g/mol. The number of thioether (sulfide) groups is 1. The summed E-state index contributed by atoms with van der Waals surface area (Å²) in [6.45, 7) is 0. The highest BCUT2D eigenvalue weighted by atomic mass is 79.9. The van der Waals surface area contributed by atoms with Crippen LogP contribution in [0.2, 0.25) is 0 Å². The standard InChI is InChI=1S/C16H10BrNO2S2/c17-11-6-7-13(20-12-4-2-1-3-5-12)10(8-11)9-14-15(19)18-16(21)22-14/h1-9H,(H,18,19,21)/b14-9-. The number of carbonyl (C=O) groups is 1. The molecule has 2 aromatic carbocycles. The highest BCUT2D eigenvalue weighted by Gasteiger charge is 2.22. The molecule has 6 heteroatoms. The van der Waals surface area contributed by atoms with Gasteiger partial charge >= 0.3 is 0 Å². The molecule has 0 unspecified atom stereocenters. The number of hydrogen-bond donors (Lipinski definition) is 1. The summed E-state index contributed by atoms with van der Waals surface area (Å²) in [5.74, 6) is 1.23. The third-order valence-corrected chi connectivity index (χ3v) is 4.53. The summed E-state index contributed by atoms with van der Waals surface area (Å²) in [7, 11) is 0. The second kappa shape index (κ2) is 6.64. The molecular formula is C16H10BrNO2S2. The molecule has 0 aromatic heterocycles. The number of nitrogens with one attached hydrogen (secondary N) is 1. The number of thiocarbonyl (C=S) groups is 1. The van der Waals surface area contributed by atoms with Crippen LogP contribution in [0.25, 0.3) is 6.08 Å². The lowest BCUT2D eigenvalue weighted by Crippen LogP contribution is -2.17. The first-order chi connectivity index (χ1) is 10.6. The lowest BCUT2D eigenvalue weighted by atomic mass is 10.2. The van der Waals surface area contributed by atoms with E-state index < -0.39 is 0 Å². The maximum Gasteiger partial charge on any atom is 0.263 e. The van der Waals surface area contributed by atoms with Gasteiger partial charge in [0.05, 0.1) is 4.91 Å². The Morgan fingerprint density at radius 2 is 1.95 bits per heavy atom. The molecule has 1 N–H and O–H groups in total. The zero-order valence-corrected chi connectivity index (χ0v) is 14.4. The van der Waals surface area contributed by atoms with E-state index in [0.29, 0.717) is 15.0 Å². The van der Waals surface area contributed by atoms with E-state index in [1.54, 1.807) is 6.08 Å². The molecule has 1 amide bonds. The number of ether oxygens (including phenoxy) is 1. The van der Waals surface area contributed by atoms with Crippen molar-refractivity contribution in [2.24, 2.45) is 0 Å². The zero-order valence-electron chi connectivity index (χ0n) is 11.2. The minimum Gasteiger partial charge on any atom is -0.457 e. The van der Waals surface area contributed by atoms with Crippen molar-refractivity contribution in [1.29, 1.82) is 0 Å². The second-order valence-electron chi connectivity index (χ2n) is 4.45. The first kappa shape index (κ1) is 15.3. The molecule has 1 saturated heterocycles. The summed E-state index contributed by atoms with van der Waals surface area (Å²) >= 11 is 9.69. The van der Waals surface area contributed by atoms with Gasteiger partial charge in [0.25, 0.3) is 5.91 Å². The van der Waals surface area contributed by atoms with Gasteiger partial charge in [-0.3, -0.25) is 4.79 Å². The van der Waals surface area contributed by atoms with Gasteiger partial charge in [-0.15, -0.1) is 0 Å². The Bertz CT molecular complexity index is 775. The molecule has 1 aliphatic rings. The number of halogens is 1. The fourth-order valence-electron chi connectivity index (χ4n) is 1.90. The van der Waals surface area contributed by atoms with E-state index in [4.69, 9.17) is 17.0 Å². The molecule has 1 aliphatic heterocycles. The minimum atomic E-state index is -0.180. The van der Waals surface area contributed by atoms with Gasteiger partial charge in [0, 0.05) is 10.0 Å². The van der Waals surface area contributed by atoms with E-state index in [-0.39, 0.29) is 5.91 Å². The highest BCUT2D eigenvalue weighted by Crippen LogP contribution is 2.33. The van der Waals surface area contributed by atoms with E-state index in [2.05, 4.69) is 21.2 Å². The van der Waals surface area contributed by atoms with Crippen LogP contribution in [0.4, 0.5) is 0 Å². The van der Waals surface area contributed by atoms with Crippen LogP contribution in [-0.4, -0.2) is 10.2 Å². The quantitative estimate of drug-likeness (QED) is 0.606. The maximum absolute atomic E-state index is 11.8. The lowest BCUT2D eigenvalue weighted by Gasteiger charge is -2.09. The number of hydrogen-bond acceptors (Lipinski definition) is 4. The molecule has 0 bridgehead atoms. The average Bonchev–Trinajstić information content (AvgIpc) is 2.81. The van der Waals surface area contributed by atoms with Crippen molar-refractivity contribution < 1.29 is 9.53 Å². The molecule has 0 radical (unpaired) electrons. The molecule has 0 aliphatic carbocycles. The average molecular weight is 392 g/mol. The normalized spacial score (nSPS) is 16.0. The minimum absolute atomic E-state index is 0.180. The molecule has 1 fully saturated rings. The fourth-order valence-corrected chi connectivity index (χ4v) is 3.32. The summed E-state index contributed by atoms with van der Waals surface area (Å²) in [5, 5.41) is 2.61. The summed E-state index contributed by atoms with van der Waals surface area (Å²) in [4.78, 5) is 12.4. The Labute approximate surface area is 145 Å². The SMILES string of the molecule is O=C1NC(=S)S/C1=C\c1cc(Br)ccc1Oc1ccccc1. The Morgan fingerprint density at radius 1 is 1.18 bits per heavy atom. The molecule has 2 aromatic rings. The molecule has 110 valence electrons. The van der Waals surface area contributed by atoms with Gasteiger partial charge < -0.3 is 10.1 Å². The fraction of sp³-hybridized carbons (Fsp3) is 0. The van der Waals surface area contributed by atoms with Gasteiger partial charge in [0.15, 0.2) is 0 Å². The van der Waals surface area contributed by atoms with Gasteiger partial charge in [-0.05, 0) is 36.4 Å². The second-order valence-corrected chi connectivity index (χ2v) is 7.08. The number of benzene rings is 2. The molecule has 3 rings (SSSR count). The maximum atomic E-state index is 11.8. The van der Waals surface area contributed by atoms with Crippen LogP contribution in [0.3, 0.4) is 0 Å². The molecule has 1 heterocycles. The first-order valence-corrected chi connectivity index (χ1v) is 8.41. The molecule has 22 heavy (non-hydrogen) atoms. The first-order valence-electron chi connectivity index (χ1n) is 6.39. The van der Waals surface area contributed by atoms with Gasteiger partial charge in [-0.1, -0.05) is 58.1 Å². The van der Waals surface area contributed by atoms with Gasteiger partial charge in [-0.25, -0.2) is 0 Å². The summed E-state index contributed by atoms with van der Waals surface area (Å²) in [6.07, 6.45) is 1.78. The van der Waals surface area contributed by atoms with E-state index in [1.807, 2.05) is 48.5 Å². The van der Waals surface area contributed by atoms with Crippen LogP contribution < -0.4 is 10.1 Å². The third-order valence-electron chi connectivity index (χ3n) is 2.87. The Hall–Kier alpha value is -1.63. The van der Waals surface area contributed by atoms with Crippen LogP contribution in [-0.2, 0) is 4.79 Å². The van der Waals surface area contributed by atoms with Crippen molar-refractivity contribution in [1.82, 2.24) is 5.32 Å². The van der Waals surface area contributed by atoms with Crippen LogP contribution in [0.5, 0.6) is 11.5 Å². The smallest absolute Gasteiger partial charge is 0.263 e. The van der Waals surface area contributed by atoms with Crippen molar-refractivity contribution in [3.8, 4) is 11.5 Å². The topological polar surface area (TPSA) is 38.3 Å². The van der Waals surface area contributed by atoms with Crippen molar-refractivity contribution >= 4 is 56.2 Å². The third kappa shape index (κ3) is 3.58. The van der Waals surface area contributed by atoms with Crippen LogP contribution in [0, 0.1) is 0 Å². The summed E-state index contributed by atoms with van der Waals surface area (Å²) < 4.78 is 7.27. The van der Waals surface area contributed by atoms with E-state index in [0.717, 1.165) is 15.8 Å². The van der Waals surface area contributed by atoms with Crippen molar-refractivity contribution in [3.05, 3.63) is 63.5 Å². The van der Waals surface area contributed by atoms with Crippen LogP contribution in [0.15, 0.2) is 57.9 Å². The van der Waals surface area contributed by atoms with Gasteiger partial charge in [-0.2, -0.15) is 0 Å². The van der Waals surface area contributed by atoms with Gasteiger partial charge in [0.1, 0.15) is 15.8 Å². The molecular weight excluding hydrogens is 382 g/mol. The Kier molecular flexibility index (Phi) is 4.61. The number of carbonyl (C=O) groups excluding carboxylic acids is 1. The van der Waals surface area contributed by atoms with Crippen molar-refractivity contribution in [2.75, 3.05) is 0 Å². The summed E-state index contributed by atoms with van der Waals surface area (Å²) in [6, 6.07) is 15.2. The Morgan fingerprint density at radius 3 is 2.64 bits per heavy atom. The molecule has 0 atom stereocenters. The predicted molar refractivity (Wildman–Crippen MR) is 97.0 cm³/mol. The van der Waals surface area contributed by atoms with Crippen molar-refractivity contribution in [2.45, 2.75) is 0 Å². The largest absolute Gasteiger partial charge is 0.457 e.